The minimum absolute atomic E-state index is 0.0462. The first-order valence-electron chi connectivity index (χ1n) is 7.52. The molecule has 1 saturated heterocycles. The van der Waals surface area contributed by atoms with Crippen LogP contribution in [0.1, 0.15) is 23.2 Å². The van der Waals surface area contributed by atoms with Gasteiger partial charge in [0.1, 0.15) is 0 Å². The van der Waals surface area contributed by atoms with E-state index in [4.69, 9.17) is 12.2 Å². The van der Waals surface area contributed by atoms with Gasteiger partial charge in [0.2, 0.25) is 0 Å². The van der Waals surface area contributed by atoms with Gasteiger partial charge in [-0.1, -0.05) is 0 Å². The number of piperidine rings is 1. The van der Waals surface area contributed by atoms with Crippen molar-refractivity contribution >= 4 is 28.9 Å². The third-order valence-electron chi connectivity index (χ3n) is 4.24. The Morgan fingerprint density at radius 2 is 1.91 bits per heavy atom. The first kappa shape index (κ1) is 17.3. The van der Waals surface area contributed by atoms with Gasteiger partial charge in [0.25, 0.3) is 11.6 Å². The highest BCUT2D eigenvalue weighted by atomic mass is 32.1. The molecule has 1 heterocycles. The Morgan fingerprint density at radius 3 is 2.43 bits per heavy atom. The highest BCUT2D eigenvalue weighted by molar-refractivity contribution is 7.80. The quantitative estimate of drug-likeness (QED) is 0.469. The number of thiocarbonyl (C=S) groups is 1. The maximum atomic E-state index is 12.2. The van der Waals surface area contributed by atoms with Crippen molar-refractivity contribution in [1.29, 1.82) is 0 Å². The fourth-order valence-electron chi connectivity index (χ4n) is 2.64. The Kier molecular flexibility index (Phi) is 5.62. The number of nitro benzene ring substituents is 1. The molecule has 1 aliphatic heterocycles. The van der Waals surface area contributed by atoms with Crippen molar-refractivity contribution < 1.29 is 14.6 Å². The van der Waals surface area contributed by atoms with Gasteiger partial charge in [-0.15, -0.1) is 0 Å². The summed E-state index contributed by atoms with van der Waals surface area (Å²) in [6.07, 6.45) is 2.08. The Labute approximate surface area is 140 Å². The summed E-state index contributed by atoms with van der Waals surface area (Å²) >= 11 is 5.31. The summed E-state index contributed by atoms with van der Waals surface area (Å²) in [5.74, 6) is -0.352. The minimum Gasteiger partial charge on any atom is -0.349 e. The van der Waals surface area contributed by atoms with Gasteiger partial charge < -0.3 is 9.80 Å². The number of hydrogen-bond donors (Lipinski definition) is 2. The summed E-state index contributed by atoms with van der Waals surface area (Å²) in [7, 11) is 4.06. The van der Waals surface area contributed by atoms with Crippen molar-refractivity contribution in [3.05, 3.63) is 39.9 Å². The van der Waals surface area contributed by atoms with E-state index < -0.39 is 4.92 Å². The molecule has 0 aromatic heterocycles. The highest BCUT2D eigenvalue weighted by Gasteiger charge is 2.25. The van der Waals surface area contributed by atoms with E-state index in [-0.39, 0.29) is 11.6 Å². The molecule has 1 aromatic rings. The van der Waals surface area contributed by atoms with Crippen LogP contribution in [-0.4, -0.2) is 54.1 Å². The van der Waals surface area contributed by atoms with Crippen LogP contribution in [0.4, 0.5) is 5.69 Å². The lowest BCUT2D eigenvalue weighted by atomic mass is 10.0. The van der Waals surface area contributed by atoms with Crippen LogP contribution in [0.5, 0.6) is 0 Å². The van der Waals surface area contributed by atoms with Crippen molar-refractivity contribution in [3.8, 4) is 0 Å². The van der Waals surface area contributed by atoms with Crippen molar-refractivity contribution in [1.82, 2.24) is 10.2 Å². The van der Waals surface area contributed by atoms with Gasteiger partial charge in [-0.05, 0) is 24.4 Å². The number of benzene rings is 1. The standard InChI is InChI=1S/C15H20N4O3S/c1-17-9-7-12(8-10-17)18(2)15(23)16-14(20)11-3-5-13(6-4-11)19(21)22/h3-6,12H,7-10H2,1-2H3,(H,16,20,23)/p+1. The molecule has 2 rings (SSSR count). The predicted molar refractivity (Wildman–Crippen MR) is 90.6 cm³/mol. The summed E-state index contributed by atoms with van der Waals surface area (Å²) in [6.45, 7) is 2.18. The van der Waals surface area contributed by atoms with E-state index in [1.165, 1.54) is 29.2 Å². The molecule has 0 spiro atoms. The zero-order chi connectivity index (χ0) is 17.0. The topological polar surface area (TPSA) is 79.9 Å². The van der Waals surface area contributed by atoms with Crippen molar-refractivity contribution in [2.45, 2.75) is 18.9 Å². The second-order valence-corrected chi connectivity index (χ2v) is 6.25. The second-order valence-electron chi connectivity index (χ2n) is 5.86. The molecule has 124 valence electrons. The summed E-state index contributed by atoms with van der Waals surface area (Å²) < 4.78 is 0. The van der Waals surface area contributed by atoms with Crippen LogP contribution in [0, 0.1) is 10.1 Å². The lowest BCUT2D eigenvalue weighted by Gasteiger charge is -2.34. The molecule has 2 N–H and O–H groups in total. The normalized spacial score (nSPS) is 20.6. The molecule has 8 heteroatoms. The number of likely N-dealkylation sites (tertiary alicyclic amines) is 1. The molecule has 0 bridgehead atoms. The maximum Gasteiger partial charge on any atom is 0.269 e. The number of nitrogens with zero attached hydrogens (tertiary/aromatic N) is 2. The SMILES string of the molecule is CN(C(=S)NC(=O)c1ccc([N+](=O)[O-])cc1)C1CC[NH+](C)CC1. The molecule has 0 radical (unpaired) electrons. The molecule has 1 aliphatic rings. The van der Waals surface area contributed by atoms with Gasteiger partial charge >= 0.3 is 0 Å². The van der Waals surface area contributed by atoms with E-state index in [0.717, 1.165) is 25.9 Å². The number of hydrogen-bond acceptors (Lipinski definition) is 4. The third-order valence-corrected chi connectivity index (χ3v) is 4.63. The lowest BCUT2D eigenvalue weighted by molar-refractivity contribution is -0.885. The van der Waals surface area contributed by atoms with Gasteiger partial charge in [-0.3, -0.25) is 20.2 Å². The zero-order valence-electron chi connectivity index (χ0n) is 13.2. The van der Waals surface area contributed by atoms with Gasteiger partial charge in [-0.2, -0.15) is 0 Å². The second kappa shape index (κ2) is 7.47. The van der Waals surface area contributed by atoms with E-state index in [2.05, 4.69) is 12.4 Å². The Hall–Kier alpha value is -2.06. The average molecular weight is 337 g/mol. The number of quaternary nitrogens is 1. The van der Waals surface area contributed by atoms with Crippen molar-refractivity contribution in [2.24, 2.45) is 0 Å². The Morgan fingerprint density at radius 1 is 1.35 bits per heavy atom. The molecule has 0 aliphatic carbocycles. The smallest absolute Gasteiger partial charge is 0.269 e. The average Bonchev–Trinajstić information content (AvgIpc) is 2.54. The van der Waals surface area contributed by atoms with E-state index in [1.807, 2.05) is 11.9 Å². The van der Waals surface area contributed by atoms with Crippen molar-refractivity contribution in [2.75, 3.05) is 27.2 Å². The summed E-state index contributed by atoms with van der Waals surface area (Å²) in [5, 5.41) is 13.7. The van der Waals surface area contributed by atoms with Crippen LogP contribution in [0.15, 0.2) is 24.3 Å². The zero-order valence-corrected chi connectivity index (χ0v) is 14.1. The predicted octanol–water partition coefficient (Wildman–Crippen LogP) is 0.218. The lowest BCUT2D eigenvalue weighted by Crippen LogP contribution is -3.10. The summed E-state index contributed by atoms with van der Waals surface area (Å²) in [5.41, 5.74) is 0.300. The summed E-state index contributed by atoms with van der Waals surface area (Å²) in [4.78, 5) is 25.7. The molecular weight excluding hydrogens is 316 g/mol. The van der Waals surface area contributed by atoms with E-state index >= 15 is 0 Å². The van der Waals surface area contributed by atoms with Gasteiger partial charge in [0.05, 0.1) is 25.1 Å². The molecular formula is C15H21N4O3S+. The van der Waals surface area contributed by atoms with Crippen LogP contribution >= 0.6 is 12.2 Å². The minimum atomic E-state index is -0.498. The Bertz CT molecular complexity index is 597. The number of rotatable bonds is 3. The van der Waals surface area contributed by atoms with Gasteiger partial charge in [0, 0.05) is 43.6 Å². The van der Waals surface area contributed by atoms with E-state index in [0.29, 0.717) is 16.7 Å². The maximum absolute atomic E-state index is 12.2. The van der Waals surface area contributed by atoms with Crippen LogP contribution in [0.2, 0.25) is 0 Å². The molecule has 1 aromatic carbocycles. The fourth-order valence-corrected chi connectivity index (χ4v) is 2.88. The molecule has 7 nitrogen and oxygen atoms in total. The molecule has 1 amide bonds. The Balaban J connectivity index is 1.93. The fraction of sp³-hybridized carbons (Fsp3) is 0.467. The number of nitrogens with one attached hydrogen (secondary N) is 2. The summed E-state index contributed by atoms with van der Waals surface area (Å²) in [6, 6.07) is 5.80. The van der Waals surface area contributed by atoms with Crippen LogP contribution in [0.25, 0.3) is 0 Å². The van der Waals surface area contributed by atoms with Gasteiger partial charge in [-0.25, -0.2) is 0 Å². The number of nitro groups is 1. The van der Waals surface area contributed by atoms with Crippen LogP contribution in [0.3, 0.4) is 0 Å². The third kappa shape index (κ3) is 4.46. The first-order valence-corrected chi connectivity index (χ1v) is 7.93. The molecule has 1 fully saturated rings. The van der Waals surface area contributed by atoms with Crippen LogP contribution in [-0.2, 0) is 0 Å². The monoisotopic (exact) mass is 337 g/mol. The number of carbonyl (C=O) groups excluding carboxylic acids is 1. The number of carbonyl (C=O) groups is 1. The molecule has 23 heavy (non-hydrogen) atoms. The van der Waals surface area contributed by atoms with E-state index in [1.54, 1.807) is 0 Å². The van der Waals surface area contributed by atoms with Gasteiger partial charge in [0.15, 0.2) is 5.11 Å². The highest BCUT2D eigenvalue weighted by Crippen LogP contribution is 2.12. The van der Waals surface area contributed by atoms with E-state index in [9.17, 15) is 14.9 Å². The largest absolute Gasteiger partial charge is 0.349 e. The van der Waals surface area contributed by atoms with Crippen molar-refractivity contribution in [3.63, 3.8) is 0 Å². The molecule has 0 atom stereocenters. The molecule has 0 saturated carbocycles. The number of amides is 1. The first-order chi connectivity index (χ1) is 10.9. The molecule has 0 unspecified atom stereocenters. The number of non-ortho nitro benzene ring substituents is 1. The van der Waals surface area contributed by atoms with Crippen LogP contribution < -0.4 is 10.2 Å².